The van der Waals surface area contributed by atoms with Gasteiger partial charge in [0.2, 0.25) is 15.9 Å². The molecule has 0 unspecified atom stereocenters. The summed E-state index contributed by atoms with van der Waals surface area (Å²) in [6, 6.07) is 15.0. The molecule has 2 heterocycles. The van der Waals surface area contributed by atoms with E-state index in [0.717, 1.165) is 42.7 Å². The molecule has 2 aromatic carbocycles. The number of nitrogens with zero attached hydrogens (tertiary/aromatic N) is 3. The van der Waals surface area contributed by atoms with Gasteiger partial charge >= 0.3 is 0 Å². The van der Waals surface area contributed by atoms with E-state index in [-0.39, 0.29) is 11.9 Å². The zero-order chi connectivity index (χ0) is 23.4. The number of rotatable bonds is 9. The topological polar surface area (TPSA) is 84.3 Å². The predicted octanol–water partition coefficient (Wildman–Crippen LogP) is 4.04. The monoisotopic (exact) mass is 468 g/mol. The average molecular weight is 469 g/mol. The maximum Gasteiger partial charge on any atom is 0.243 e. The molecule has 1 aliphatic rings. The number of amides is 1. The van der Waals surface area contributed by atoms with E-state index in [0.29, 0.717) is 36.3 Å². The van der Waals surface area contributed by atoms with Crippen molar-refractivity contribution < 1.29 is 13.2 Å². The minimum Gasteiger partial charge on any atom is -0.350 e. The van der Waals surface area contributed by atoms with Crippen LogP contribution in [0.15, 0.2) is 53.4 Å². The van der Waals surface area contributed by atoms with Gasteiger partial charge in [0.05, 0.1) is 22.0 Å². The number of fused-ring (bicyclic) bond motifs is 1. The molecule has 0 aliphatic carbocycles. The second-order valence-corrected chi connectivity index (χ2v) is 10.6. The van der Waals surface area contributed by atoms with E-state index in [1.165, 1.54) is 0 Å². The Morgan fingerprint density at radius 1 is 1.12 bits per heavy atom. The molecule has 0 bridgehead atoms. The predicted molar refractivity (Wildman–Crippen MR) is 129 cm³/mol. The molecule has 1 amide bonds. The Hall–Kier alpha value is -2.71. The summed E-state index contributed by atoms with van der Waals surface area (Å²) >= 11 is 0. The third-order valence-electron chi connectivity index (χ3n) is 6.20. The maximum absolute atomic E-state index is 13.0. The third-order valence-corrected chi connectivity index (χ3v) is 8.10. The molecule has 4 rings (SSSR count). The highest BCUT2D eigenvalue weighted by atomic mass is 32.2. The third kappa shape index (κ3) is 5.12. The van der Waals surface area contributed by atoms with Crippen LogP contribution < -0.4 is 5.32 Å². The van der Waals surface area contributed by atoms with Gasteiger partial charge in [-0.2, -0.15) is 4.31 Å². The number of hydrogen-bond acceptors (Lipinski definition) is 4. The Balaban J connectivity index is 1.51. The van der Waals surface area contributed by atoms with Gasteiger partial charge in [0, 0.05) is 32.5 Å². The van der Waals surface area contributed by atoms with Crippen LogP contribution in [0.5, 0.6) is 0 Å². The minimum atomic E-state index is -3.49. The number of hydrogen-bond donors (Lipinski definition) is 1. The second kappa shape index (κ2) is 10.1. The molecule has 1 fully saturated rings. The number of aryl methyl sites for hydroxylation is 2. The summed E-state index contributed by atoms with van der Waals surface area (Å²) in [6.45, 7) is 5.99. The lowest BCUT2D eigenvalue weighted by Gasteiger charge is -2.15. The quantitative estimate of drug-likeness (QED) is 0.514. The molecule has 7 nitrogen and oxygen atoms in total. The van der Waals surface area contributed by atoms with Gasteiger partial charge in [0.15, 0.2) is 0 Å². The van der Waals surface area contributed by atoms with Crippen molar-refractivity contribution in [3.05, 3.63) is 59.9 Å². The second-order valence-electron chi connectivity index (χ2n) is 8.64. The van der Waals surface area contributed by atoms with Crippen molar-refractivity contribution in [2.45, 2.75) is 63.4 Å². The van der Waals surface area contributed by atoms with E-state index in [9.17, 15) is 13.2 Å². The Kier molecular flexibility index (Phi) is 7.14. The molecular formula is C25H32N4O3S. The van der Waals surface area contributed by atoms with E-state index in [2.05, 4.69) is 16.8 Å². The van der Waals surface area contributed by atoms with E-state index in [1.54, 1.807) is 16.4 Å². The average Bonchev–Trinajstić information content (AvgIpc) is 3.47. The van der Waals surface area contributed by atoms with Gasteiger partial charge in [-0.1, -0.05) is 37.3 Å². The largest absolute Gasteiger partial charge is 0.350 e. The highest BCUT2D eigenvalue weighted by Crippen LogP contribution is 2.26. The van der Waals surface area contributed by atoms with Crippen molar-refractivity contribution in [3.63, 3.8) is 0 Å². The van der Waals surface area contributed by atoms with E-state index in [4.69, 9.17) is 4.98 Å². The molecule has 33 heavy (non-hydrogen) atoms. The first-order valence-electron chi connectivity index (χ1n) is 11.7. The van der Waals surface area contributed by atoms with Crippen molar-refractivity contribution in [1.29, 1.82) is 0 Å². The number of imidazole rings is 1. The molecule has 8 heteroatoms. The SMILES string of the molecule is CCCn1c(CCC(=O)N[C@@H](C)c2ccccc2)nc2cc(S(=O)(=O)N3CCCC3)ccc21. The summed E-state index contributed by atoms with van der Waals surface area (Å²) in [5, 5.41) is 3.05. The van der Waals surface area contributed by atoms with Crippen molar-refractivity contribution in [3.8, 4) is 0 Å². The smallest absolute Gasteiger partial charge is 0.243 e. The van der Waals surface area contributed by atoms with Gasteiger partial charge in [-0.05, 0) is 49.9 Å². The van der Waals surface area contributed by atoms with Crippen LogP contribution >= 0.6 is 0 Å². The molecule has 1 aliphatic heterocycles. The molecule has 1 aromatic heterocycles. The van der Waals surface area contributed by atoms with Crippen LogP contribution in [-0.4, -0.2) is 41.3 Å². The zero-order valence-corrected chi connectivity index (χ0v) is 20.1. The van der Waals surface area contributed by atoms with E-state index < -0.39 is 10.0 Å². The van der Waals surface area contributed by atoms with Gasteiger partial charge in [0.25, 0.3) is 0 Å². The Bertz CT molecular complexity index is 1220. The molecule has 0 saturated carbocycles. The number of sulfonamides is 1. The van der Waals surface area contributed by atoms with Crippen LogP contribution in [0.25, 0.3) is 11.0 Å². The summed E-state index contributed by atoms with van der Waals surface area (Å²) in [7, 11) is -3.49. The fraction of sp³-hybridized carbons (Fsp3) is 0.440. The molecule has 1 saturated heterocycles. The lowest BCUT2D eigenvalue weighted by molar-refractivity contribution is -0.121. The Morgan fingerprint density at radius 3 is 2.55 bits per heavy atom. The van der Waals surface area contributed by atoms with Crippen LogP contribution in [0, 0.1) is 0 Å². The van der Waals surface area contributed by atoms with Gasteiger partial charge in [-0.15, -0.1) is 0 Å². The van der Waals surface area contributed by atoms with Gasteiger partial charge in [-0.3, -0.25) is 4.79 Å². The molecule has 1 N–H and O–H groups in total. The first kappa shape index (κ1) is 23.4. The summed E-state index contributed by atoms with van der Waals surface area (Å²) in [5.41, 5.74) is 2.64. The van der Waals surface area contributed by atoms with E-state index >= 15 is 0 Å². The van der Waals surface area contributed by atoms with Crippen molar-refractivity contribution in [2.24, 2.45) is 0 Å². The first-order valence-corrected chi connectivity index (χ1v) is 13.2. The Labute approximate surface area is 195 Å². The molecule has 1 atom stereocenters. The van der Waals surface area contributed by atoms with Crippen LogP contribution in [0.4, 0.5) is 0 Å². The number of benzene rings is 2. The van der Waals surface area contributed by atoms with Crippen molar-refractivity contribution in [1.82, 2.24) is 19.2 Å². The molecule has 0 spiro atoms. The van der Waals surface area contributed by atoms with Crippen LogP contribution in [0.2, 0.25) is 0 Å². The maximum atomic E-state index is 13.0. The fourth-order valence-corrected chi connectivity index (χ4v) is 5.96. The molecule has 176 valence electrons. The summed E-state index contributed by atoms with van der Waals surface area (Å²) in [4.78, 5) is 17.6. The van der Waals surface area contributed by atoms with Gasteiger partial charge in [0.1, 0.15) is 5.82 Å². The van der Waals surface area contributed by atoms with Crippen LogP contribution in [-0.2, 0) is 27.8 Å². The van der Waals surface area contributed by atoms with Crippen LogP contribution in [0.3, 0.4) is 0 Å². The number of carbonyl (C=O) groups excluding carboxylic acids is 1. The summed E-state index contributed by atoms with van der Waals surface area (Å²) < 4.78 is 29.6. The summed E-state index contributed by atoms with van der Waals surface area (Å²) in [6.07, 6.45) is 3.55. The highest BCUT2D eigenvalue weighted by Gasteiger charge is 2.28. The lowest BCUT2D eigenvalue weighted by Crippen LogP contribution is -2.27. The fourth-order valence-electron chi connectivity index (χ4n) is 4.43. The molecule has 3 aromatic rings. The number of carbonyl (C=O) groups is 1. The number of aromatic nitrogens is 2. The molecular weight excluding hydrogens is 436 g/mol. The van der Waals surface area contributed by atoms with Gasteiger partial charge in [-0.25, -0.2) is 13.4 Å². The first-order chi connectivity index (χ1) is 15.9. The lowest BCUT2D eigenvalue weighted by atomic mass is 10.1. The van der Waals surface area contributed by atoms with Crippen molar-refractivity contribution >= 4 is 27.0 Å². The highest BCUT2D eigenvalue weighted by molar-refractivity contribution is 7.89. The van der Waals surface area contributed by atoms with E-state index in [1.807, 2.05) is 43.3 Å². The molecule has 0 radical (unpaired) electrons. The Morgan fingerprint density at radius 2 is 1.85 bits per heavy atom. The van der Waals surface area contributed by atoms with Gasteiger partial charge < -0.3 is 9.88 Å². The standard InChI is InChI=1S/C25H32N4O3S/c1-3-15-29-23-12-11-21(33(31,32)28-16-7-8-17-28)18-22(23)27-24(29)13-14-25(30)26-19(2)20-9-5-4-6-10-20/h4-6,9-12,18-19H,3,7-8,13-17H2,1-2H3,(H,26,30)/t19-/m0/s1. The normalized spacial score (nSPS) is 15.7. The summed E-state index contributed by atoms with van der Waals surface area (Å²) in [5.74, 6) is 0.781. The van der Waals surface area contributed by atoms with Crippen LogP contribution in [0.1, 0.15) is 57.0 Å². The number of nitrogens with one attached hydrogen (secondary N) is 1. The minimum absolute atomic E-state index is 0.0289. The van der Waals surface area contributed by atoms with Crippen molar-refractivity contribution in [2.75, 3.05) is 13.1 Å². The zero-order valence-electron chi connectivity index (χ0n) is 19.3.